The monoisotopic (exact) mass is 626 g/mol. The van der Waals surface area contributed by atoms with Crippen LogP contribution in [0.25, 0.3) is 5.57 Å². The maximum absolute atomic E-state index is 8.57. The number of hydrogen-bond donors (Lipinski definition) is 2. The highest BCUT2D eigenvalue weighted by molar-refractivity contribution is 5.80. The molecule has 2 saturated heterocycles. The summed E-state index contributed by atoms with van der Waals surface area (Å²) in [5, 5.41) is 6.90. The van der Waals surface area contributed by atoms with Crippen LogP contribution in [-0.4, -0.2) is 50.6 Å². The molecule has 252 valence electrons. The van der Waals surface area contributed by atoms with Crippen LogP contribution in [0.1, 0.15) is 114 Å². The van der Waals surface area contributed by atoms with Gasteiger partial charge in [-0.15, -0.1) is 0 Å². The van der Waals surface area contributed by atoms with Crippen LogP contribution in [0.5, 0.6) is 0 Å². The molecule has 2 N–H and O–H groups in total. The van der Waals surface area contributed by atoms with Crippen molar-refractivity contribution in [3.05, 3.63) is 87.6 Å². The van der Waals surface area contributed by atoms with Crippen molar-refractivity contribution in [3.8, 4) is 0 Å². The van der Waals surface area contributed by atoms with Gasteiger partial charge >= 0.3 is 0 Å². The fraction of sp³-hybridized carbons (Fsp3) is 0.561. The van der Waals surface area contributed by atoms with E-state index in [4.69, 9.17) is 4.79 Å². The molecule has 5 nitrogen and oxygen atoms in total. The summed E-state index contributed by atoms with van der Waals surface area (Å²) in [7, 11) is 2.00. The molecule has 0 bridgehead atoms. The predicted octanol–water partition coefficient (Wildman–Crippen LogP) is 8.59. The van der Waals surface area contributed by atoms with Crippen molar-refractivity contribution >= 4 is 17.2 Å². The van der Waals surface area contributed by atoms with Crippen molar-refractivity contribution in [2.24, 2.45) is 5.41 Å². The standard InChI is InChI=1S/C34H48N4.C3H6.C2H2O.C2H6/c1-8-27-17-28(31(18-35-7)25(5)23(2)3)16-24(4)32(27)19-37-15-13-34(20-37)21-38(22-34)33-11-9-10-29-26(6)36-14-12-30(29)33;1-2-3-1;1-2-3;1-2/h9-11,16-18,26,35-36H,8,12-15,19-22H2,1-7H3;1-3H2;1H2;1-2H3/b31-18+;;;. The predicted molar refractivity (Wildman–Crippen MR) is 199 cm³/mol. The van der Waals surface area contributed by atoms with Gasteiger partial charge in [0.15, 0.2) is 0 Å². The Bertz CT molecular complexity index is 1380. The number of allylic oxidation sites excluding steroid dienone is 3. The van der Waals surface area contributed by atoms with Crippen LogP contribution >= 0.6 is 0 Å². The lowest BCUT2D eigenvalue weighted by atomic mass is 9.78. The van der Waals surface area contributed by atoms with E-state index in [9.17, 15) is 0 Å². The van der Waals surface area contributed by atoms with E-state index in [-0.39, 0.29) is 0 Å². The van der Waals surface area contributed by atoms with E-state index in [2.05, 4.69) is 105 Å². The molecule has 4 aliphatic rings. The van der Waals surface area contributed by atoms with Crippen LogP contribution < -0.4 is 15.5 Å². The third-order valence-electron chi connectivity index (χ3n) is 9.83. The Kier molecular flexibility index (Phi) is 14.4. The summed E-state index contributed by atoms with van der Waals surface area (Å²) in [4.78, 5) is 14.0. The molecule has 0 radical (unpaired) electrons. The molecule has 6 rings (SSSR count). The van der Waals surface area contributed by atoms with Gasteiger partial charge in [0, 0.05) is 62.1 Å². The smallest absolute Gasteiger partial charge is 0.116 e. The SMILES string of the molecule is C1CC1.C=C=O.CC.CCc1cc(/C(=C/NC)C(C)=C(C)C)cc(C)c1CN1CCC2(C1)CN(c1cccc3c1CCNC3C)C2. The van der Waals surface area contributed by atoms with Crippen LogP contribution in [0.2, 0.25) is 0 Å². The Balaban J connectivity index is 0.000000647. The second-order valence-corrected chi connectivity index (χ2v) is 13.5. The fourth-order valence-electron chi connectivity index (χ4n) is 7.08. The van der Waals surface area contributed by atoms with Crippen molar-refractivity contribution in [1.29, 1.82) is 0 Å². The zero-order chi connectivity index (χ0) is 33.9. The van der Waals surface area contributed by atoms with Gasteiger partial charge in [0.25, 0.3) is 0 Å². The summed E-state index contributed by atoms with van der Waals surface area (Å²) in [6.45, 7) is 27.3. The highest BCUT2D eigenvalue weighted by Gasteiger charge is 2.48. The highest BCUT2D eigenvalue weighted by Crippen LogP contribution is 2.44. The number of anilines is 1. The van der Waals surface area contributed by atoms with Gasteiger partial charge in [-0.1, -0.05) is 69.9 Å². The lowest BCUT2D eigenvalue weighted by Crippen LogP contribution is -2.58. The Morgan fingerprint density at radius 2 is 1.80 bits per heavy atom. The Labute approximate surface area is 281 Å². The van der Waals surface area contributed by atoms with Gasteiger partial charge in [0.1, 0.15) is 5.94 Å². The van der Waals surface area contributed by atoms with Gasteiger partial charge in [-0.25, -0.2) is 4.79 Å². The largest absolute Gasteiger partial charge is 0.393 e. The minimum absolute atomic E-state index is 0.463. The average Bonchev–Trinajstić information content (AvgIpc) is 3.87. The Morgan fingerprint density at radius 3 is 2.39 bits per heavy atom. The topological polar surface area (TPSA) is 47.6 Å². The maximum atomic E-state index is 8.57. The average molecular weight is 627 g/mol. The minimum Gasteiger partial charge on any atom is -0.393 e. The molecule has 2 aromatic rings. The number of carbonyl (C=O) groups excluding carboxylic acids is 1. The quantitative estimate of drug-likeness (QED) is 0.238. The van der Waals surface area contributed by atoms with E-state index in [1.807, 2.05) is 20.9 Å². The van der Waals surface area contributed by atoms with Gasteiger partial charge in [-0.3, -0.25) is 4.90 Å². The van der Waals surface area contributed by atoms with Crippen molar-refractivity contribution in [1.82, 2.24) is 15.5 Å². The first kappa shape index (κ1) is 37.3. The third kappa shape index (κ3) is 9.25. The van der Waals surface area contributed by atoms with E-state index in [1.54, 1.807) is 11.1 Å². The van der Waals surface area contributed by atoms with Gasteiger partial charge in [0.2, 0.25) is 0 Å². The van der Waals surface area contributed by atoms with Crippen molar-refractivity contribution in [3.63, 3.8) is 0 Å². The molecule has 1 saturated carbocycles. The molecular weight excluding hydrogens is 564 g/mol. The lowest BCUT2D eigenvalue weighted by molar-refractivity contribution is 0.201. The number of benzene rings is 2. The number of nitrogens with one attached hydrogen (secondary N) is 2. The number of aryl methyl sites for hydroxylation is 2. The minimum atomic E-state index is 0.463. The molecule has 46 heavy (non-hydrogen) atoms. The number of likely N-dealkylation sites (tertiary alicyclic amines) is 1. The first-order chi connectivity index (χ1) is 22.2. The van der Waals surface area contributed by atoms with E-state index in [0.717, 1.165) is 25.9 Å². The molecule has 0 amide bonds. The van der Waals surface area contributed by atoms with E-state index >= 15 is 0 Å². The second kappa shape index (κ2) is 17.7. The first-order valence-electron chi connectivity index (χ1n) is 17.8. The van der Waals surface area contributed by atoms with Crippen LogP contribution in [0.3, 0.4) is 0 Å². The summed E-state index contributed by atoms with van der Waals surface area (Å²) in [5.41, 5.74) is 14.9. The molecule has 1 unspecified atom stereocenters. The second-order valence-electron chi connectivity index (χ2n) is 13.5. The van der Waals surface area contributed by atoms with Crippen LogP contribution in [0, 0.1) is 12.3 Å². The summed E-state index contributed by atoms with van der Waals surface area (Å²) in [5.74, 6) is 1.25. The summed E-state index contributed by atoms with van der Waals surface area (Å²) in [6, 6.07) is 12.3. The Hall–Kier alpha value is -3.11. The Morgan fingerprint density at radius 1 is 1.13 bits per heavy atom. The molecule has 5 heteroatoms. The molecule has 3 aliphatic heterocycles. The zero-order valence-corrected chi connectivity index (χ0v) is 30.5. The number of nitrogens with zero attached hydrogens (tertiary/aromatic N) is 2. The van der Waals surface area contributed by atoms with Crippen molar-refractivity contribution in [2.75, 3.05) is 44.7 Å². The van der Waals surface area contributed by atoms with E-state index in [0.29, 0.717) is 11.5 Å². The molecule has 3 fully saturated rings. The van der Waals surface area contributed by atoms with Gasteiger partial charge in [-0.2, -0.15) is 0 Å². The summed E-state index contributed by atoms with van der Waals surface area (Å²) < 4.78 is 0. The summed E-state index contributed by atoms with van der Waals surface area (Å²) in [6.07, 6.45) is 10.2. The summed E-state index contributed by atoms with van der Waals surface area (Å²) >= 11 is 0. The van der Waals surface area contributed by atoms with Gasteiger partial charge in [0.05, 0.1) is 0 Å². The molecular formula is C41H62N4O. The molecule has 3 heterocycles. The first-order valence-corrected chi connectivity index (χ1v) is 17.8. The van der Waals surface area contributed by atoms with Crippen LogP contribution in [-0.2, 0) is 24.2 Å². The lowest BCUT2D eigenvalue weighted by Gasteiger charge is -2.50. The molecule has 1 spiro atoms. The zero-order valence-electron chi connectivity index (χ0n) is 30.5. The molecule has 0 aromatic heterocycles. The third-order valence-corrected chi connectivity index (χ3v) is 9.83. The van der Waals surface area contributed by atoms with Crippen LogP contribution in [0.4, 0.5) is 5.69 Å². The maximum Gasteiger partial charge on any atom is 0.116 e. The number of fused-ring (bicyclic) bond motifs is 1. The fourth-order valence-corrected chi connectivity index (χ4v) is 7.08. The molecule has 1 aliphatic carbocycles. The number of rotatable bonds is 7. The van der Waals surface area contributed by atoms with E-state index in [1.165, 1.54) is 102 Å². The molecule has 1 atom stereocenters. The van der Waals surface area contributed by atoms with Gasteiger partial charge in [-0.05, 0) is 119 Å². The van der Waals surface area contributed by atoms with Crippen LogP contribution in [0.15, 0.2) is 54.3 Å². The highest BCUT2D eigenvalue weighted by atomic mass is 16.1. The number of hydrogen-bond acceptors (Lipinski definition) is 5. The van der Waals surface area contributed by atoms with Gasteiger partial charge < -0.3 is 15.5 Å². The van der Waals surface area contributed by atoms with Crippen molar-refractivity contribution < 1.29 is 4.79 Å². The van der Waals surface area contributed by atoms with Crippen molar-refractivity contribution in [2.45, 2.75) is 107 Å². The normalized spacial score (nSPS) is 19.1. The van der Waals surface area contributed by atoms with E-state index < -0.39 is 0 Å². The molecule has 2 aromatic carbocycles.